The Kier molecular flexibility index (Phi) is 4.04. The minimum absolute atomic E-state index is 0.754. The van der Waals surface area contributed by atoms with Crippen molar-refractivity contribution in [2.24, 2.45) is 7.05 Å². The molecule has 0 radical (unpaired) electrons. The van der Waals surface area contributed by atoms with E-state index in [1.165, 1.54) is 0 Å². The van der Waals surface area contributed by atoms with Gasteiger partial charge in [0.2, 0.25) is 5.88 Å². The largest absolute Gasteiger partial charge is 0.481 e. The molecule has 0 aliphatic rings. The van der Waals surface area contributed by atoms with Crippen molar-refractivity contribution in [1.29, 1.82) is 0 Å². The zero-order valence-corrected chi connectivity index (χ0v) is 11.1. The third kappa shape index (κ3) is 2.73. The molecule has 0 bridgehead atoms. The zero-order chi connectivity index (χ0) is 13.0. The predicted octanol–water partition coefficient (Wildman–Crippen LogP) is 1.66. The van der Waals surface area contributed by atoms with Gasteiger partial charge < -0.3 is 14.5 Å². The summed E-state index contributed by atoms with van der Waals surface area (Å²) < 4.78 is 12.4. The van der Waals surface area contributed by atoms with Gasteiger partial charge in [-0.3, -0.25) is 0 Å². The van der Waals surface area contributed by atoms with E-state index in [-0.39, 0.29) is 0 Å². The van der Waals surface area contributed by atoms with Crippen LogP contribution in [0.15, 0.2) is 22.8 Å². The fourth-order valence-electron chi connectivity index (χ4n) is 2.02. The van der Waals surface area contributed by atoms with Crippen molar-refractivity contribution < 1.29 is 9.15 Å². The maximum atomic E-state index is 5.34. The van der Waals surface area contributed by atoms with E-state index in [0.29, 0.717) is 0 Å². The topological polar surface area (TPSA) is 52.2 Å². The predicted molar refractivity (Wildman–Crippen MR) is 68.6 cm³/mol. The third-order valence-electron chi connectivity index (χ3n) is 2.91. The Bertz CT molecular complexity index is 489. The summed E-state index contributed by atoms with van der Waals surface area (Å²) in [6.07, 6.45) is 2.58. The van der Waals surface area contributed by atoms with E-state index in [9.17, 15) is 0 Å². The molecule has 1 N–H and O–H groups in total. The van der Waals surface area contributed by atoms with Gasteiger partial charge in [-0.2, -0.15) is 5.10 Å². The first-order valence-electron chi connectivity index (χ1n) is 6.02. The summed E-state index contributed by atoms with van der Waals surface area (Å²) in [4.78, 5) is 0. The molecule has 98 valence electrons. The van der Waals surface area contributed by atoms with Gasteiger partial charge in [-0.1, -0.05) is 0 Å². The average Bonchev–Trinajstić information content (AvgIpc) is 2.93. The zero-order valence-electron chi connectivity index (χ0n) is 11.1. The summed E-state index contributed by atoms with van der Waals surface area (Å²) in [6.45, 7) is 3.61. The second-order valence-corrected chi connectivity index (χ2v) is 4.20. The molecule has 0 atom stereocenters. The van der Waals surface area contributed by atoms with E-state index in [0.717, 1.165) is 42.4 Å². The van der Waals surface area contributed by atoms with E-state index in [4.69, 9.17) is 9.15 Å². The van der Waals surface area contributed by atoms with Gasteiger partial charge in [-0.15, -0.1) is 0 Å². The molecule has 0 fully saturated rings. The fourth-order valence-corrected chi connectivity index (χ4v) is 2.02. The van der Waals surface area contributed by atoms with E-state index in [1.54, 1.807) is 18.1 Å². The summed E-state index contributed by atoms with van der Waals surface area (Å²) in [6, 6.07) is 3.89. The van der Waals surface area contributed by atoms with Crippen LogP contribution in [0.3, 0.4) is 0 Å². The van der Waals surface area contributed by atoms with Gasteiger partial charge >= 0.3 is 0 Å². The summed E-state index contributed by atoms with van der Waals surface area (Å²) in [5.41, 5.74) is 2.11. The summed E-state index contributed by atoms with van der Waals surface area (Å²) in [7, 11) is 3.56. The lowest BCUT2D eigenvalue weighted by molar-refractivity contribution is 0.368. The third-order valence-corrected chi connectivity index (χ3v) is 2.91. The van der Waals surface area contributed by atoms with Gasteiger partial charge in [0, 0.05) is 26.6 Å². The molecule has 18 heavy (non-hydrogen) atoms. The second-order valence-electron chi connectivity index (χ2n) is 4.20. The number of methoxy groups -OCH3 is 1. The fraction of sp³-hybridized carbons (Fsp3) is 0.462. The normalized spacial score (nSPS) is 10.8. The molecule has 0 aromatic carbocycles. The Hall–Kier alpha value is -1.75. The first-order valence-corrected chi connectivity index (χ1v) is 6.02. The van der Waals surface area contributed by atoms with Crippen LogP contribution in [0.4, 0.5) is 0 Å². The standard InChI is InChI=1S/C13H19N3O2/c1-10-12(13(17-3)16(2)15-10)9-14-7-6-11-5-4-8-18-11/h4-5,8,14H,6-7,9H2,1-3H3. The monoisotopic (exact) mass is 249 g/mol. The van der Waals surface area contributed by atoms with Crippen LogP contribution in [0, 0.1) is 6.92 Å². The van der Waals surface area contributed by atoms with Crippen molar-refractivity contribution in [2.45, 2.75) is 19.9 Å². The molecule has 2 aromatic heterocycles. The molecule has 5 nitrogen and oxygen atoms in total. The van der Waals surface area contributed by atoms with Gasteiger partial charge in [-0.05, 0) is 19.1 Å². The molecule has 2 aromatic rings. The number of rotatable bonds is 6. The first kappa shape index (κ1) is 12.7. The number of ether oxygens (including phenoxy) is 1. The van der Waals surface area contributed by atoms with Crippen molar-refractivity contribution in [2.75, 3.05) is 13.7 Å². The molecule has 2 rings (SSSR count). The highest BCUT2D eigenvalue weighted by Crippen LogP contribution is 2.20. The Morgan fingerprint density at radius 2 is 2.33 bits per heavy atom. The van der Waals surface area contributed by atoms with Crippen LogP contribution in [0.5, 0.6) is 5.88 Å². The van der Waals surface area contributed by atoms with Crippen molar-refractivity contribution in [1.82, 2.24) is 15.1 Å². The van der Waals surface area contributed by atoms with Crippen molar-refractivity contribution in [3.8, 4) is 5.88 Å². The maximum Gasteiger partial charge on any atom is 0.216 e. The number of aromatic nitrogens is 2. The second kappa shape index (κ2) is 5.73. The Balaban J connectivity index is 1.86. The minimum Gasteiger partial charge on any atom is -0.481 e. The van der Waals surface area contributed by atoms with Crippen LogP contribution in [0.25, 0.3) is 0 Å². The molecule has 0 saturated heterocycles. The van der Waals surface area contributed by atoms with Gasteiger partial charge in [0.05, 0.1) is 24.6 Å². The number of furan rings is 1. The number of aryl methyl sites for hydroxylation is 2. The van der Waals surface area contributed by atoms with E-state index in [1.807, 2.05) is 26.1 Å². The van der Waals surface area contributed by atoms with Crippen LogP contribution in [0.1, 0.15) is 17.0 Å². The van der Waals surface area contributed by atoms with E-state index >= 15 is 0 Å². The average molecular weight is 249 g/mol. The quantitative estimate of drug-likeness (QED) is 0.791. The minimum atomic E-state index is 0.754. The van der Waals surface area contributed by atoms with E-state index in [2.05, 4.69) is 10.4 Å². The highest BCUT2D eigenvalue weighted by molar-refractivity contribution is 5.30. The van der Waals surface area contributed by atoms with Crippen molar-refractivity contribution >= 4 is 0 Å². The Labute approximate surface area is 107 Å². The maximum absolute atomic E-state index is 5.34. The number of nitrogens with zero attached hydrogens (tertiary/aromatic N) is 2. The molecule has 0 spiro atoms. The highest BCUT2D eigenvalue weighted by Gasteiger charge is 2.12. The smallest absolute Gasteiger partial charge is 0.216 e. The van der Waals surface area contributed by atoms with Crippen LogP contribution >= 0.6 is 0 Å². The SMILES string of the molecule is COc1c(CNCCc2ccco2)c(C)nn1C. The highest BCUT2D eigenvalue weighted by atomic mass is 16.5. The molecular weight excluding hydrogens is 230 g/mol. The number of nitrogens with one attached hydrogen (secondary N) is 1. The van der Waals surface area contributed by atoms with Crippen molar-refractivity contribution in [3.05, 3.63) is 35.4 Å². The molecule has 0 aliphatic carbocycles. The lowest BCUT2D eigenvalue weighted by atomic mass is 10.2. The Morgan fingerprint density at radius 3 is 3.00 bits per heavy atom. The number of hydrogen-bond donors (Lipinski definition) is 1. The van der Waals surface area contributed by atoms with E-state index < -0.39 is 0 Å². The molecular formula is C13H19N3O2. The molecule has 5 heteroatoms. The van der Waals surface area contributed by atoms with Crippen LogP contribution < -0.4 is 10.1 Å². The van der Waals surface area contributed by atoms with Gasteiger partial charge in [0.25, 0.3) is 0 Å². The van der Waals surface area contributed by atoms with Gasteiger partial charge in [0.15, 0.2) is 0 Å². The molecule has 0 saturated carbocycles. The molecule has 2 heterocycles. The molecule has 0 amide bonds. The Morgan fingerprint density at radius 1 is 1.50 bits per heavy atom. The van der Waals surface area contributed by atoms with Gasteiger partial charge in [-0.25, -0.2) is 4.68 Å². The summed E-state index contributed by atoms with van der Waals surface area (Å²) >= 11 is 0. The lowest BCUT2D eigenvalue weighted by Gasteiger charge is -2.06. The number of hydrogen-bond acceptors (Lipinski definition) is 4. The lowest BCUT2D eigenvalue weighted by Crippen LogP contribution is -2.17. The van der Waals surface area contributed by atoms with Crippen LogP contribution in [0.2, 0.25) is 0 Å². The molecule has 0 unspecified atom stereocenters. The first-order chi connectivity index (χ1) is 8.72. The summed E-state index contributed by atoms with van der Waals surface area (Å²) in [5, 5.41) is 7.72. The van der Waals surface area contributed by atoms with Crippen LogP contribution in [-0.2, 0) is 20.0 Å². The van der Waals surface area contributed by atoms with Crippen LogP contribution in [-0.4, -0.2) is 23.4 Å². The van der Waals surface area contributed by atoms with Gasteiger partial charge in [0.1, 0.15) is 5.76 Å². The summed E-state index contributed by atoms with van der Waals surface area (Å²) in [5.74, 6) is 1.82. The molecule has 0 aliphatic heterocycles. The van der Waals surface area contributed by atoms with Crippen molar-refractivity contribution in [3.63, 3.8) is 0 Å².